The van der Waals surface area contributed by atoms with E-state index >= 15 is 0 Å². The highest BCUT2D eigenvalue weighted by molar-refractivity contribution is 5.76. The quantitative estimate of drug-likeness (QED) is 0.559. The first-order valence-corrected chi connectivity index (χ1v) is 4.38. The molecule has 0 spiro atoms. The van der Waals surface area contributed by atoms with E-state index in [0.717, 1.165) is 12.8 Å². The number of amides is 1. The van der Waals surface area contributed by atoms with Crippen LogP contribution < -0.4 is 10.7 Å². The van der Waals surface area contributed by atoms with Gasteiger partial charge in [-0.25, -0.2) is 0 Å². The highest BCUT2D eigenvalue weighted by atomic mass is 16.1. The van der Waals surface area contributed by atoms with E-state index in [-0.39, 0.29) is 5.91 Å². The zero-order chi connectivity index (χ0) is 8.97. The number of hydrogen-bond acceptors (Lipinski definition) is 3. The summed E-state index contributed by atoms with van der Waals surface area (Å²) in [6.45, 7) is 0.714. The first-order chi connectivity index (χ1) is 5.68. The molecule has 0 unspecified atom stereocenters. The molecule has 1 aliphatic rings. The van der Waals surface area contributed by atoms with E-state index in [1.54, 1.807) is 0 Å². The fraction of sp³-hybridized carbons (Fsp3) is 0.875. The Balaban J connectivity index is 1.94. The first-order valence-electron chi connectivity index (χ1n) is 4.38. The monoisotopic (exact) mass is 171 g/mol. The van der Waals surface area contributed by atoms with E-state index in [0.29, 0.717) is 19.0 Å². The largest absolute Gasteiger partial charge is 0.353 e. The van der Waals surface area contributed by atoms with Gasteiger partial charge in [0, 0.05) is 33.1 Å². The molecule has 0 heterocycles. The number of carbonyl (C=O) groups is 1. The van der Waals surface area contributed by atoms with Crippen LogP contribution in [0.1, 0.15) is 19.3 Å². The molecule has 12 heavy (non-hydrogen) atoms. The Kier molecular flexibility index (Phi) is 3.49. The van der Waals surface area contributed by atoms with E-state index in [4.69, 9.17) is 0 Å². The lowest BCUT2D eigenvalue weighted by molar-refractivity contribution is -0.121. The van der Waals surface area contributed by atoms with E-state index in [9.17, 15) is 4.79 Å². The molecule has 1 fully saturated rings. The topological polar surface area (TPSA) is 44.4 Å². The van der Waals surface area contributed by atoms with Gasteiger partial charge < -0.3 is 5.32 Å². The van der Waals surface area contributed by atoms with Gasteiger partial charge in [-0.2, -0.15) is 0 Å². The minimum Gasteiger partial charge on any atom is -0.353 e. The molecule has 0 bridgehead atoms. The molecule has 0 aromatic heterocycles. The molecule has 0 aromatic carbocycles. The van der Waals surface area contributed by atoms with Gasteiger partial charge >= 0.3 is 0 Å². The molecule has 0 saturated heterocycles. The predicted octanol–water partition coefficient (Wildman–Crippen LogP) is -0.279. The van der Waals surface area contributed by atoms with Crippen LogP contribution in [0.25, 0.3) is 0 Å². The Morgan fingerprint density at radius 1 is 1.50 bits per heavy atom. The minimum absolute atomic E-state index is 0.159. The van der Waals surface area contributed by atoms with Crippen molar-refractivity contribution in [2.45, 2.75) is 25.3 Å². The highest BCUT2D eigenvalue weighted by Gasteiger charge is 2.22. The van der Waals surface area contributed by atoms with Crippen LogP contribution >= 0.6 is 0 Å². The SMILES string of the molecule is CN(C)NCCC(=O)NC1CC1. The van der Waals surface area contributed by atoms with Crippen LogP contribution in [0.3, 0.4) is 0 Å². The molecule has 2 N–H and O–H groups in total. The second kappa shape index (κ2) is 4.42. The first kappa shape index (κ1) is 9.48. The smallest absolute Gasteiger partial charge is 0.221 e. The third-order valence-electron chi connectivity index (χ3n) is 1.72. The van der Waals surface area contributed by atoms with Crippen LogP contribution in [-0.2, 0) is 4.79 Å². The summed E-state index contributed by atoms with van der Waals surface area (Å²) in [6.07, 6.45) is 2.88. The predicted molar refractivity (Wildman–Crippen MR) is 47.5 cm³/mol. The maximum atomic E-state index is 11.1. The highest BCUT2D eigenvalue weighted by Crippen LogP contribution is 2.18. The third-order valence-corrected chi connectivity index (χ3v) is 1.72. The summed E-state index contributed by atoms with van der Waals surface area (Å²) in [7, 11) is 3.83. The number of nitrogens with one attached hydrogen (secondary N) is 2. The van der Waals surface area contributed by atoms with Crippen LogP contribution in [0.15, 0.2) is 0 Å². The van der Waals surface area contributed by atoms with Gasteiger partial charge in [0.05, 0.1) is 0 Å². The van der Waals surface area contributed by atoms with Gasteiger partial charge in [-0.15, -0.1) is 0 Å². The van der Waals surface area contributed by atoms with Crippen molar-refractivity contribution in [3.63, 3.8) is 0 Å². The Bertz CT molecular complexity index is 154. The van der Waals surface area contributed by atoms with Crippen molar-refractivity contribution in [3.05, 3.63) is 0 Å². The van der Waals surface area contributed by atoms with Gasteiger partial charge in [0.15, 0.2) is 0 Å². The summed E-state index contributed by atoms with van der Waals surface area (Å²) in [4.78, 5) is 11.1. The molecule has 0 radical (unpaired) electrons. The Morgan fingerprint density at radius 3 is 2.67 bits per heavy atom. The summed E-state index contributed by atoms with van der Waals surface area (Å²) in [5.41, 5.74) is 3.04. The second-order valence-electron chi connectivity index (χ2n) is 3.39. The van der Waals surface area contributed by atoms with E-state index in [1.165, 1.54) is 0 Å². The van der Waals surface area contributed by atoms with Crippen molar-refractivity contribution in [1.29, 1.82) is 0 Å². The van der Waals surface area contributed by atoms with Gasteiger partial charge in [-0.1, -0.05) is 0 Å². The van der Waals surface area contributed by atoms with E-state index in [2.05, 4.69) is 10.7 Å². The summed E-state index contributed by atoms with van der Waals surface area (Å²) < 4.78 is 0. The third kappa shape index (κ3) is 4.31. The zero-order valence-electron chi connectivity index (χ0n) is 7.76. The Hall–Kier alpha value is -0.610. The standard InChI is InChI=1S/C8H17N3O/c1-11(2)9-6-5-8(12)10-7-3-4-7/h7,9H,3-6H2,1-2H3,(H,10,12). The number of carbonyl (C=O) groups excluding carboxylic acids is 1. The van der Waals surface area contributed by atoms with Crippen molar-refractivity contribution < 1.29 is 4.79 Å². The summed E-state index contributed by atoms with van der Waals surface area (Å²) in [5, 5.41) is 4.78. The van der Waals surface area contributed by atoms with Crippen molar-refractivity contribution in [2.24, 2.45) is 0 Å². The molecular formula is C8H17N3O. The summed E-state index contributed by atoms with van der Waals surface area (Å²) in [5.74, 6) is 0.159. The molecule has 70 valence electrons. The Morgan fingerprint density at radius 2 is 2.17 bits per heavy atom. The molecule has 1 aliphatic carbocycles. The molecule has 0 aliphatic heterocycles. The Labute approximate surface area is 73.3 Å². The molecule has 4 heteroatoms. The second-order valence-corrected chi connectivity index (χ2v) is 3.39. The number of hydrazine groups is 1. The maximum Gasteiger partial charge on any atom is 0.221 e. The van der Waals surface area contributed by atoms with Gasteiger partial charge in [0.2, 0.25) is 5.91 Å². The van der Waals surface area contributed by atoms with Crippen molar-refractivity contribution >= 4 is 5.91 Å². The number of nitrogens with zero attached hydrogens (tertiary/aromatic N) is 1. The average Bonchev–Trinajstić information content (AvgIpc) is 2.70. The van der Waals surface area contributed by atoms with Gasteiger partial charge in [0.25, 0.3) is 0 Å². The van der Waals surface area contributed by atoms with Gasteiger partial charge in [0.1, 0.15) is 0 Å². The zero-order valence-corrected chi connectivity index (χ0v) is 7.76. The lowest BCUT2D eigenvalue weighted by Crippen LogP contribution is -2.35. The van der Waals surface area contributed by atoms with Crippen molar-refractivity contribution in [2.75, 3.05) is 20.6 Å². The van der Waals surface area contributed by atoms with Crippen molar-refractivity contribution in [1.82, 2.24) is 15.8 Å². The number of rotatable bonds is 5. The molecule has 1 rings (SSSR count). The molecule has 0 atom stereocenters. The lowest BCUT2D eigenvalue weighted by atomic mass is 10.4. The summed E-state index contributed by atoms with van der Waals surface area (Å²) >= 11 is 0. The maximum absolute atomic E-state index is 11.1. The van der Waals surface area contributed by atoms with Crippen LogP contribution in [0.4, 0.5) is 0 Å². The van der Waals surface area contributed by atoms with Crippen LogP contribution in [0.2, 0.25) is 0 Å². The fourth-order valence-electron chi connectivity index (χ4n) is 0.921. The average molecular weight is 171 g/mol. The van der Waals surface area contributed by atoms with E-state index < -0.39 is 0 Å². The van der Waals surface area contributed by atoms with Gasteiger partial charge in [-0.05, 0) is 12.8 Å². The fourth-order valence-corrected chi connectivity index (χ4v) is 0.921. The summed E-state index contributed by atoms with van der Waals surface area (Å²) in [6, 6.07) is 0.483. The normalized spacial score (nSPS) is 16.6. The molecule has 1 saturated carbocycles. The van der Waals surface area contributed by atoms with Crippen LogP contribution in [-0.4, -0.2) is 37.6 Å². The molecular weight excluding hydrogens is 154 g/mol. The van der Waals surface area contributed by atoms with Crippen LogP contribution in [0.5, 0.6) is 0 Å². The molecule has 1 amide bonds. The van der Waals surface area contributed by atoms with Crippen molar-refractivity contribution in [3.8, 4) is 0 Å². The van der Waals surface area contributed by atoms with Crippen LogP contribution in [0, 0.1) is 0 Å². The molecule has 0 aromatic rings. The minimum atomic E-state index is 0.159. The number of hydrogen-bond donors (Lipinski definition) is 2. The van der Waals surface area contributed by atoms with Gasteiger partial charge in [-0.3, -0.25) is 15.2 Å². The van der Waals surface area contributed by atoms with E-state index in [1.807, 2.05) is 19.1 Å². The lowest BCUT2D eigenvalue weighted by Gasteiger charge is -2.11. The molecule has 4 nitrogen and oxygen atoms in total.